The van der Waals surface area contributed by atoms with Crippen LogP contribution in [0, 0.1) is 17.8 Å². The molecule has 0 bridgehead atoms. The summed E-state index contributed by atoms with van der Waals surface area (Å²) >= 11 is 0. The standard InChI is InChI=1S/C16H29N3O2/c1-11-3-4-14(9-15(11)17)16(21)19-7-5-13(6-8-19)10-18-12(2)20/h11,13-15H,3-10,17H2,1-2H3,(H,18,20). The molecule has 21 heavy (non-hydrogen) atoms. The van der Waals surface area contributed by atoms with Crippen LogP contribution in [0.1, 0.15) is 46.0 Å². The summed E-state index contributed by atoms with van der Waals surface area (Å²) in [5.41, 5.74) is 6.11. The van der Waals surface area contributed by atoms with Crippen LogP contribution in [-0.4, -0.2) is 42.4 Å². The van der Waals surface area contributed by atoms with E-state index in [2.05, 4.69) is 12.2 Å². The van der Waals surface area contributed by atoms with E-state index in [0.29, 0.717) is 17.7 Å². The van der Waals surface area contributed by atoms with Crippen molar-refractivity contribution in [3.63, 3.8) is 0 Å². The number of likely N-dealkylation sites (tertiary alicyclic amines) is 1. The van der Waals surface area contributed by atoms with Crippen molar-refractivity contribution < 1.29 is 9.59 Å². The number of nitrogens with zero attached hydrogens (tertiary/aromatic N) is 1. The van der Waals surface area contributed by atoms with Crippen molar-refractivity contribution in [1.82, 2.24) is 10.2 Å². The third-order valence-corrected chi connectivity index (χ3v) is 5.17. The first-order chi connectivity index (χ1) is 9.97. The Morgan fingerprint density at radius 1 is 1.19 bits per heavy atom. The van der Waals surface area contributed by atoms with E-state index in [1.165, 1.54) is 0 Å². The summed E-state index contributed by atoms with van der Waals surface area (Å²) in [5, 5.41) is 2.87. The second kappa shape index (κ2) is 7.25. The number of rotatable bonds is 3. The number of carbonyl (C=O) groups is 2. The molecule has 5 nitrogen and oxygen atoms in total. The predicted molar refractivity (Wildman–Crippen MR) is 82.5 cm³/mol. The molecule has 2 amide bonds. The maximum absolute atomic E-state index is 12.6. The number of piperidine rings is 1. The Kier molecular flexibility index (Phi) is 5.62. The molecule has 0 aromatic rings. The predicted octanol–water partition coefficient (Wildman–Crippen LogP) is 1.12. The molecular weight excluding hydrogens is 266 g/mol. The quantitative estimate of drug-likeness (QED) is 0.819. The van der Waals surface area contributed by atoms with Crippen molar-refractivity contribution >= 4 is 11.8 Å². The Balaban J connectivity index is 1.76. The summed E-state index contributed by atoms with van der Waals surface area (Å²) in [5.74, 6) is 1.50. The molecule has 120 valence electrons. The monoisotopic (exact) mass is 295 g/mol. The van der Waals surface area contributed by atoms with E-state index in [-0.39, 0.29) is 17.9 Å². The maximum atomic E-state index is 12.6. The van der Waals surface area contributed by atoms with Gasteiger partial charge in [-0.05, 0) is 43.9 Å². The van der Waals surface area contributed by atoms with Crippen molar-refractivity contribution in [3.05, 3.63) is 0 Å². The third-order valence-electron chi connectivity index (χ3n) is 5.17. The summed E-state index contributed by atoms with van der Waals surface area (Å²) in [6.07, 6.45) is 4.87. The Bertz CT molecular complexity index is 378. The molecule has 5 heteroatoms. The Morgan fingerprint density at radius 3 is 2.43 bits per heavy atom. The molecule has 2 rings (SSSR count). The molecule has 0 radical (unpaired) electrons. The molecule has 1 saturated carbocycles. The summed E-state index contributed by atoms with van der Waals surface area (Å²) in [6, 6.07) is 0.171. The van der Waals surface area contributed by atoms with Gasteiger partial charge >= 0.3 is 0 Å². The van der Waals surface area contributed by atoms with Gasteiger partial charge in [-0.3, -0.25) is 9.59 Å². The molecule has 1 aliphatic heterocycles. The van der Waals surface area contributed by atoms with Gasteiger partial charge in [0.15, 0.2) is 0 Å². The molecule has 1 saturated heterocycles. The second-order valence-corrected chi connectivity index (χ2v) is 6.86. The number of carbonyl (C=O) groups excluding carboxylic acids is 2. The highest BCUT2D eigenvalue weighted by molar-refractivity contribution is 5.79. The summed E-state index contributed by atoms with van der Waals surface area (Å²) in [4.78, 5) is 25.5. The smallest absolute Gasteiger partial charge is 0.225 e. The lowest BCUT2D eigenvalue weighted by Crippen LogP contribution is -2.46. The van der Waals surface area contributed by atoms with Gasteiger partial charge in [0, 0.05) is 38.5 Å². The van der Waals surface area contributed by atoms with Gasteiger partial charge in [-0.25, -0.2) is 0 Å². The molecule has 2 aliphatic rings. The summed E-state index contributed by atoms with van der Waals surface area (Å²) in [6.45, 7) is 6.11. The van der Waals surface area contributed by atoms with Crippen LogP contribution in [0.25, 0.3) is 0 Å². The van der Waals surface area contributed by atoms with Crippen LogP contribution < -0.4 is 11.1 Å². The van der Waals surface area contributed by atoms with Crippen molar-refractivity contribution in [2.24, 2.45) is 23.5 Å². The lowest BCUT2D eigenvalue weighted by Gasteiger charge is -2.37. The highest BCUT2D eigenvalue weighted by Gasteiger charge is 2.33. The average molecular weight is 295 g/mol. The van der Waals surface area contributed by atoms with Crippen molar-refractivity contribution in [2.75, 3.05) is 19.6 Å². The van der Waals surface area contributed by atoms with Crippen LogP contribution in [0.3, 0.4) is 0 Å². The van der Waals surface area contributed by atoms with Crippen LogP contribution in [0.4, 0.5) is 0 Å². The van der Waals surface area contributed by atoms with E-state index in [1.54, 1.807) is 6.92 Å². The fourth-order valence-electron chi connectivity index (χ4n) is 3.48. The molecule has 0 spiro atoms. The Labute approximate surface area is 127 Å². The largest absolute Gasteiger partial charge is 0.356 e. The minimum Gasteiger partial charge on any atom is -0.356 e. The van der Waals surface area contributed by atoms with E-state index in [0.717, 1.165) is 51.7 Å². The van der Waals surface area contributed by atoms with Crippen molar-refractivity contribution in [3.8, 4) is 0 Å². The van der Waals surface area contributed by atoms with Crippen molar-refractivity contribution in [1.29, 1.82) is 0 Å². The Hall–Kier alpha value is -1.10. The van der Waals surface area contributed by atoms with Crippen molar-refractivity contribution in [2.45, 2.75) is 52.0 Å². The molecule has 3 atom stereocenters. The van der Waals surface area contributed by atoms with Gasteiger partial charge in [-0.2, -0.15) is 0 Å². The minimum absolute atomic E-state index is 0.0267. The third kappa shape index (κ3) is 4.43. The zero-order chi connectivity index (χ0) is 15.4. The second-order valence-electron chi connectivity index (χ2n) is 6.86. The van der Waals surface area contributed by atoms with E-state index in [4.69, 9.17) is 5.73 Å². The van der Waals surface area contributed by atoms with Crippen LogP contribution in [-0.2, 0) is 9.59 Å². The van der Waals surface area contributed by atoms with Crippen LogP contribution in [0.2, 0.25) is 0 Å². The number of nitrogens with one attached hydrogen (secondary N) is 1. The molecule has 0 aromatic heterocycles. The van der Waals surface area contributed by atoms with Gasteiger partial charge in [0.1, 0.15) is 0 Å². The first-order valence-electron chi connectivity index (χ1n) is 8.26. The lowest BCUT2D eigenvalue weighted by molar-refractivity contribution is -0.138. The van der Waals surface area contributed by atoms with Gasteiger partial charge in [-0.15, -0.1) is 0 Å². The van der Waals surface area contributed by atoms with Gasteiger partial charge in [-0.1, -0.05) is 6.92 Å². The number of hydrogen-bond donors (Lipinski definition) is 2. The molecule has 1 heterocycles. The summed E-state index contributed by atoms with van der Waals surface area (Å²) < 4.78 is 0. The summed E-state index contributed by atoms with van der Waals surface area (Å²) in [7, 11) is 0. The molecular formula is C16H29N3O2. The van der Waals surface area contributed by atoms with Gasteiger partial charge in [0.25, 0.3) is 0 Å². The van der Waals surface area contributed by atoms with Crippen LogP contribution >= 0.6 is 0 Å². The van der Waals surface area contributed by atoms with Gasteiger partial charge < -0.3 is 16.0 Å². The van der Waals surface area contributed by atoms with Crippen LogP contribution in [0.15, 0.2) is 0 Å². The van der Waals surface area contributed by atoms with E-state index < -0.39 is 0 Å². The fourth-order valence-corrected chi connectivity index (χ4v) is 3.48. The Morgan fingerprint density at radius 2 is 1.86 bits per heavy atom. The molecule has 3 N–H and O–H groups in total. The number of amides is 2. The average Bonchev–Trinajstić information content (AvgIpc) is 2.48. The van der Waals surface area contributed by atoms with Gasteiger partial charge in [0.2, 0.25) is 11.8 Å². The molecule has 1 aliphatic carbocycles. The van der Waals surface area contributed by atoms with E-state index >= 15 is 0 Å². The van der Waals surface area contributed by atoms with E-state index in [9.17, 15) is 9.59 Å². The topological polar surface area (TPSA) is 75.4 Å². The first kappa shape index (κ1) is 16.3. The molecule has 0 aromatic carbocycles. The number of hydrogen-bond acceptors (Lipinski definition) is 3. The van der Waals surface area contributed by atoms with Gasteiger partial charge in [0.05, 0.1) is 0 Å². The first-order valence-corrected chi connectivity index (χ1v) is 8.26. The number of nitrogens with two attached hydrogens (primary N) is 1. The maximum Gasteiger partial charge on any atom is 0.225 e. The fraction of sp³-hybridized carbons (Fsp3) is 0.875. The molecule has 3 unspecified atom stereocenters. The normalized spacial score (nSPS) is 31.0. The zero-order valence-corrected chi connectivity index (χ0v) is 13.3. The minimum atomic E-state index is 0.0267. The highest BCUT2D eigenvalue weighted by atomic mass is 16.2. The zero-order valence-electron chi connectivity index (χ0n) is 13.3. The SMILES string of the molecule is CC(=O)NCC1CCN(C(=O)C2CCC(C)C(N)C2)CC1. The highest BCUT2D eigenvalue weighted by Crippen LogP contribution is 2.30. The molecule has 2 fully saturated rings. The van der Waals surface area contributed by atoms with E-state index in [1.807, 2.05) is 4.90 Å². The lowest BCUT2D eigenvalue weighted by atomic mass is 9.78. The van der Waals surface area contributed by atoms with Crippen LogP contribution in [0.5, 0.6) is 0 Å².